The van der Waals surface area contributed by atoms with Gasteiger partial charge in [0.25, 0.3) is 0 Å². The summed E-state index contributed by atoms with van der Waals surface area (Å²) in [6.45, 7) is 3.73. The molecule has 0 aliphatic heterocycles. The van der Waals surface area contributed by atoms with Crippen molar-refractivity contribution in [2.24, 2.45) is 0 Å². The van der Waals surface area contributed by atoms with Crippen LogP contribution in [0.2, 0.25) is 0 Å². The highest BCUT2D eigenvalue weighted by molar-refractivity contribution is 5.73. The van der Waals surface area contributed by atoms with Crippen LogP contribution in [-0.2, 0) is 13.1 Å². The lowest BCUT2D eigenvalue weighted by Gasteiger charge is -2.09. The Hall–Kier alpha value is -2.69. The lowest BCUT2D eigenvalue weighted by molar-refractivity contribution is 0.240. The Bertz CT molecular complexity index is 624. The highest BCUT2D eigenvalue weighted by Crippen LogP contribution is 2.12. The molecule has 0 unspecified atom stereocenters. The van der Waals surface area contributed by atoms with Crippen LogP contribution < -0.4 is 20.1 Å². The minimum Gasteiger partial charge on any atom is -0.497 e. The largest absolute Gasteiger partial charge is 0.497 e. The summed E-state index contributed by atoms with van der Waals surface area (Å²) in [5.41, 5.74) is 2.04. The second-order valence-electron chi connectivity index (χ2n) is 5.38. The highest BCUT2D eigenvalue weighted by Gasteiger charge is 2.02. The number of hydrogen-bond donors (Lipinski definition) is 2. The third kappa shape index (κ3) is 5.83. The van der Waals surface area contributed by atoms with Crippen molar-refractivity contribution >= 4 is 6.03 Å². The molecule has 0 aromatic heterocycles. The fourth-order valence-electron chi connectivity index (χ4n) is 2.09. The summed E-state index contributed by atoms with van der Waals surface area (Å²) in [7, 11) is 1.63. The molecular formula is C19H24N2O3. The zero-order valence-corrected chi connectivity index (χ0v) is 14.2. The van der Waals surface area contributed by atoms with Gasteiger partial charge in [-0.1, -0.05) is 31.2 Å². The molecule has 0 spiro atoms. The van der Waals surface area contributed by atoms with Crippen LogP contribution in [0.25, 0.3) is 0 Å². The van der Waals surface area contributed by atoms with E-state index in [1.165, 1.54) is 0 Å². The van der Waals surface area contributed by atoms with Crippen LogP contribution in [0.3, 0.4) is 0 Å². The van der Waals surface area contributed by atoms with Gasteiger partial charge in [-0.2, -0.15) is 0 Å². The monoisotopic (exact) mass is 328 g/mol. The zero-order valence-electron chi connectivity index (χ0n) is 14.2. The number of hydrogen-bond acceptors (Lipinski definition) is 3. The third-order valence-corrected chi connectivity index (χ3v) is 3.46. The molecule has 0 atom stereocenters. The summed E-state index contributed by atoms with van der Waals surface area (Å²) < 4.78 is 10.6. The summed E-state index contributed by atoms with van der Waals surface area (Å²) >= 11 is 0. The average molecular weight is 328 g/mol. The maximum Gasteiger partial charge on any atom is 0.315 e. The quantitative estimate of drug-likeness (QED) is 0.780. The van der Waals surface area contributed by atoms with E-state index in [-0.39, 0.29) is 6.03 Å². The molecule has 0 bridgehead atoms. The molecule has 0 radical (unpaired) electrons. The number of carbonyl (C=O) groups excluding carboxylic acids is 1. The lowest BCUT2D eigenvalue weighted by Crippen LogP contribution is -2.34. The first-order valence-electron chi connectivity index (χ1n) is 8.07. The van der Waals surface area contributed by atoms with Gasteiger partial charge in [-0.25, -0.2) is 4.79 Å². The molecule has 0 aliphatic carbocycles. The minimum absolute atomic E-state index is 0.197. The van der Waals surface area contributed by atoms with Crippen molar-refractivity contribution in [3.05, 3.63) is 59.7 Å². The maximum absolute atomic E-state index is 11.8. The molecule has 0 saturated carbocycles. The Balaban J connectivity index is 1.72. The first-order chi connectivity index (χ1) is 11.7. The third-order valence-electron chi connectivity index (χ3n) is 3.46. The van der Waals surface area contributed by atoms with E-state index in [0.29, 0.717) is 19.7 Å². The lowest BCUT2D eigenvalue weighted by atomic mass is 10.2. The van der Waals surface area contributed by atoms with Crippen molar-refractivity contribution in [1.82, 2.24) is 10.6 Å². The van der Waals surface area contributed by atoms with Crippen molar-refractivity contribution in [2.75, 3.05) is 13.7 Å². The van der Waals surface area contributed by atoms with Crippen molar-refractivity contribution in [3.63, 3.8) is 0 Å². The van der Waals surface area contributed by atoms with Gasteiger partial charge in [-0.15, -0.1) is 0 Å². The molecule has 0 aliphatic rings. The number of carbonyl (C=O) groups is 1. The molecule has 2 rings (SSSR count). The van der Waals surface area contributed by atoms with Crippen LogP contribution in [0.1, 0.15) is 24.5 Å². The standard InChI is InChI=1S/C19H24N2O3/c1-3-12-24-18-10-6-16(7-11-18)14-21-19(22)20-13-15-4-8-17(23-2)9-5-15/h4-11H,3,12-14H2,1-2H3,(H2,20,21,22). The van der Waals surface area contributed by atoms with Crippen LogP contribution >= 0.6 is 0 Å². The Morgan fingerprint density at radius 1 is 0.875 bits per heavy atom. The first kappa shape index (κ1) is 17.7. The first-order valence-corrected chi connectivity index (χ1v) is 8.07. The zero-order chi connectivity index (χ0) is 17.2. The molecular weight excluding hydrogens is 304 g/mol. The molecule has 5 heteroatoms. The molecule has 5 nitrogen and oxygen atoms in total. The smallest absolute Gasteiger partial charge is 0.315 e. The number of nitrogens with one attached hydrogen (secondary N) is 2. The molecule has 2 N–H and O–H groups in total. The summed E-state index contributed by atoms with van der Waals surface area (Å²) in [6, 6.07) is 15.1. The predicted octanol–water partition coefficient (Wildman–Crippen LogP) is 3.48. The molecule has 128 valence electrons. The van der Waals surface area contributed by atoms with E-state index in [2.05, 4.69) is 17.6 Å². The second-order valence-corrected chi connectivity index (χ2v) is 5.38. The summed E-state index contributed by atoms with van der Waals surface area (Å²) in [4.78, 5) is 11.8. The van der Waals surface area contributed by atoms with Gasteiger partial charge in [0.15, 0.2) is 0 Å². The van der Waals surface area contributed by atoms with E-state index in [1.807, 2.05) is 48.5 Å². The van der Waals surface area contributed by atoms with Crippen LogP contribution in [-0.4, -0.2) is 19.7 Å². The van der Waals surface area contributed by atoms with Gasteiger partial charge in [-0.05, 0) is 41.8 Å². The van der Waals surface area contributed by atoms with Gasteiger partial charge in [0.2, 0.25) is 0 Å². The van der Waals surface area contributed by atoms with Crippen molar-refractivity contribution in [1.29, 1.82) is 0 Å². The van der Waals surface area contributed by atoms with Crippen LogP contribution in [0.5, 0.6) is 11.5 Å². The predicted molar refractivity (Wildman–Crippen MR) is 94.3 cm³/mol. The Morgan fingerprint density at radius 2 is 1.38 bits per heavy atom. The number of amides is 2. The van der Waals surface area contributed by atoms with Crippen LogP contribution in [0.4, 0.5) is 4.79 Å². The number of benzene rings is 2. The second kappa shape index (κ2) is 9.45. The van der Waals surface area contributed by atoms with Gasteiger partial charge in [0, 0.05) is 13.1 Å². The molecule has 2 aromatic rings. The van der Waals surface area contributed by atoms with Gasteiger partial charge in [0.1, 0.15) is 11.5 Å². The summed E-state index contributed by atoms with van der Waals surface area (Å²) in [5.74, 6) is 1.65. The number of rotatable bonds is 8. The van der Waals surface area contributed by atoms with E-state index >= 15 is 0 Å². The average Bonchev–Trinajstić information content (AvgIpc) is 2.64. The van der Waals surface area contributed by atoms with Crippen LogP contribution in [0.15, 0.2) is 48.5 Å². The van der Waals surface area contributed by atoms with Gasteiger partial charge < -0.3 is 20.1 Å². The number of ether oxygens (including phenoxy) is 2. The van der Waals surface area contributed by atoms with E-state index in [0.717, 1.165) is 29.0 Å². The van der Waals surface area contributed by atoms with Crippen molar-refractivity contribution in [3.8, 4) is 11.5 Å². The number of urea groups is 1. The molecule has 0 heterocycles. The fraction of sp³-hybridized carbons (Fsp3) is 0.316. The van der Waals surface area contributed by atoms with Gasteiger partial charge in [0.05, 0.1) is 13.7 Å². The molecule has 0 fully saturated rings. The maximum atomic E-state index is 11.8. The molecule has 2 aromatic carbocycles. The van der Waals surface area contributed by atoms with Crippen LogP contribution in [0, 0.1) is 0 Å². The normalized spacial score (nSPS) is 10.1. The van der Waals surface area contributed by atoms with Gasteiger partial charge in [-0.3, -0.25) is 0 Å². The van der Waals surface area contributed by atoms with E-state index in [4.69, 9.17) is 9.47 Å². The fourth-order valence-corrected chi connectivity index (χ4v) is 2.09. The Kier molecular flexibility index (Phi) is 6.95. The number of methoxy groups -OCH3 is 1. The van der Waals surface area contributed by atoms with Crippen molar-refractivity contribution in [2.45, 2.75) is 26.4 Å². The molecule has 24 heavy (non-hydrogen) atoms. The van der Waals surface area contributed by atoms with E-state index in [1.54, 1.807) is 7.11 Å². The topological polar surface area (TPSA) is 59.6 Å². The molecule has 0 saturated heterocycles. The Morgan fingerprint density at radius 3 is 1.83 bits per heavy atom. The summed E-state index contributed by atoms with van der Waals surface area (Å²) in [5, 5.41) is 5.67. The van der Waals surface area contributed by atoms with E-state index < -0.39 is 0 Å². The minimum atomic E-state index is -0.197. The Labute approximate surface area is 143 Å². The molecule has 2 amide bonds. The highest BCUT2D eigenvalue weighted by atomic mass is 16.5. The van der Waals surface area contributed by atoms with Gasteiger partial charge >= 0.3 is 6.03 Å². The van der Waals surface area contributed by atoms with Crippen molar-refractivity contribution < 1.29 is 14.3 Å². The SMILES string of the molecule is CCCOc1ccc(CNC(=O)NCc2ccc(OC)cc2)cc1. The van der Waals surface area contributed by atoms with E-state index in [9.17, 15) is 4.79 Å². The summed E-state index contributed by atoms with van der Waals surface area (Å²) in [6.07, 6.45) is 0.984.